The highest BCUT2D eigenvalue weighted by molar-refractivity contribution is 6.14. The van der Waals surface area contributed by atoms with Gasteiger partial charge >= 0.3 is 0 Å². The van der Waals surface area contributed by atoms with E-state index in [0.29, 0.717) is 11.3 Å². The summed E-state index contributed by atoms with van der Waals surface area (Å²) in [6, 6.07) is 15.2. The molecule has 1 aromatic heterocycles. The van der Waals surface area contributed by atoms with Gasteiger partial charge in [0.25, 0.3) is 11.8 Å². The number of nitrogens with zero attached hydrogens (tertiary/aromatic N) is 2. The van der Waals surface area contributed by atoms with E-state index in [0.717, 1.165) is 42.1 Å². The number of hydrogen-bond donors (Lipinski definition) is 2. The molecule has 6 heteroatoms. The van der Waals surface area contributed by atoms with E-state index in [1.165, 1.54) is 0 Å². The monoisotopic (exact) mass is 402 g/mol. The Balaban J connectivity index is 1.61. The van der Waals surface area contributed by atoms with Gasteiger partial charge in [-0.15, -0.1) is 0 Å². The van der Waals surface area contributed by atoms with Crippen molar-refractivity contribution in [3.63, 3.8) is 0 Å². The van der Waals surface area contributed by atoms with E-state index in [9.17, 15) is 9.59 Å². The Morgan fingerprint density at radius 1 is 1.03 bits per heavy atom. The molecule has 1 aliphatic heterocycles. The molecule has 1 unspecified atom stereocenters. The minimum Gasteiger partial charge on any atom is -0.335 e. The van der Waals surface area contributed by atoms with Crippen molar-refractivity contribution in [2.24, 2.45) is 0 Å². The third-order valence-corrected chi connectivity index (χ3v) is 5.72. The van der Waals surface area contributed by atoms with Gasteiger partial charge in [-0.05, 0) is 68.2 Å². The Hall–Kier alpha value is -3.25. The van der Waals surface area contributed by atoms with Gasteiger partial charge in [-0.2, -0.15) is 0 Å². The predicted octanol–water partition coefficient (Wildman–Crippen LogP) is 3.97. The first-order valence-corrected chi connectivity index (χ1v) is 10.3. The number of pyridine rings is 1. The maximum atomic E-state index is 13.1. The molecule has 0 aliphatic carbocycles. The van der Waals surface area contributed by atoms with Crippen LogP contribution >= 0.6 is 0 Å². The minimum atomic E-state index is -0.273. The fourth-order valence-corrected chi connectivity index (χ4v) is 3.97. The molecule has 0 spiro atoms. The molecule has 154 valence electrons. The largest absolute Gasteiger partial charge is 0.335 e. The van der Waals surface area contributed by atoms with Crippen LogP contribution in [0.15, 0.2) is 54.7 Å². The number of carbonyl (C=O) groups excluding carboxylic acids is 2. The lowest BCUT2D eigenvalue weighted by Gasteiger charge is -2.32. The average molecular weight is 402 g/mol. The van der Waals surface area contributed by atoms with Gasteiger partial charge in [0.15, 0.2) is 5.69 Å². The summed E-state index contributed by atoms with van der Waals surface area (Å²) in [5, 5.41) is 7.87. The number of fused-ring (bicyclic) bond motifs is 1. The molecule has 2 heterocycles. The molecule has 0 saturated carbocycles. The molecule has 30 heavy (non-hydrogen) atoms. The zero-order valence-electron chi connectivity index (χ0n) is 17.3. The summed E-state index contributed by atoms with van der Waals surface area (Å²) in [6.45, 7) is 2.82. The zero-order chi connectivity index (χ0) is 21.1. The molecular weight excluding hydrogens is 376 g/mol. The topological polar surface area (TPSA) is 74.3 Å². The van der Waals surface area contributed by atoms with E-state index < -0.39 is 0 Å². The van der Waals surface area contributed by atoms with Crippen LogP contribution < -0.4 is 10.6 Å². The lowest BCUT2D eigenvalue weighted by atomic mass is 10.0. The minimum absolute atomic E-state index is 0.0184. The third kappa shape index (κ3) is 4.04. The molecule has 2 N–H and O–H groups in total. The number of benzene rings is 2. The molecule has 0 radical (unpaired) electrons. The summed E-state index contributed by atoms with van der Waals surface area (Å²) in [5.41, 5.74) is 2.05. The Morgan fingerprint density at radius 2 is 1.83 bits per heavy atom. The normalized spacial score (nSPS) is 16.9. The number of aryl methyl sites for hydroxylation is 1. The highest BCUT2D eigenvalue weighted by Crippen LogP contribution is 2.23. The molecule has 1 saturated heterocycles. The van der Waals surface area contributed by atoms with Crippen LogP contribution in [0, 0.1) is 6.92 Å². The van der Waals surface area contributed by atoms with E-state index in [1.54, 1.807) is 18.3 Å². The Kier molecular flexibility index (Phi) is 5.77. The first-order chi connectivity index (χ1) is 14.5. The third-order valence-electron chi connectivity index (χ3n) is 5.72. The van der Waals surface area contributed by atoms with Crippen molar-refractivity contribution in [2.75, 3.05) is 18.9 Å². The van der Waals surface area contributed by atoms with Crippen LogP contribution in [0.1, 0.15) is 45.7 Å². The molecule has 1 aliphatic rings. The number of aromatic nitrogens is 1. The molecule has 3 aromatic rings. The van der Waals surface area contributed by atoms with Crippen LogP contribution in [0.3, 0.4) is 0 Å². The summed E-state index contributed by atoms with van der Waals surface area (Å²) in [6.07, 6.45) is 4.71. The number of likely N-dealkylation sites (tertiary alicyclic amines) is 1. The number of anilines is 1. The van der Waals surface area contributed by atoms with Gasteiger partial charge in [-0.1, -0.05) is 36.4 Å². The maximum absolute atomic E-state index is 13.1. The van der Waals surface area contributed by atoms with E-state index >= 15 is 0 Å². The molecular formula is C24H26N4O2. The van der Waals surface area contributed by atoms with Gasteiger partial charge in [-0.25, -0.2) is 4.98 Å². The molecule has 6 nitrogen and oxygen atoms in total. The van der Waals surface area contributed by atoms with Crippen molar-refractivity contribution < 1.29 is 9.59 Å². The number of carbonyl (C=O) groups is 2. The number of nitrogens with one attached hydrogen (secondary N) is 2. The maximum Gasteiger partial charge on any atom is 0.273 e. The molecule has 4 rings (SSSR count). The van der Waals surface area contributed by atoms with Crippen molar-refractivity contribution in [1.82, 2.24) is 15.2 Å². The van der Waals surface area contributed by atoms with Crippen molar-refractivity contribution >= 4 is 28.3 Å². The van der Waals surface area contributed by atoms with Crippen LogP contribution in [-0.2, 0) is 0 Å². The SMILES string of the molecule is Cc1ccnc(C(=O)NC2CCCCN2C)c1NC(=O)c1cccc2ccccc12. The van der Waals surface area contributed by atoms with E-state index in [-0.39, 0.29) is 23.7 Å². The van der Waals surface area contributed by atoms with Crippen molar-refractivity contribution in [3.05, 3.63) is 71.5 Å². The zero-order valence-corrected chi connectivity index (χ0v) is 17.3. The van der Waals surface area contributed by atoms with Gasteiger partial charge < -0.3 is 10.6 Å². The summed E-state index contributed by atoms with van der Waals surface area (Å²) >= 11 is 0. The fourth-order valence-electron chi connectivity index (χ4n) is 3.97. The average Bonchev–Trinajstić information content (AvgIpc) is 2.76. The number of rotatable bonds is 4. The molecule has 1 atom stereocenters. The van der Waals surface area contributed by atoms with E-state index in [1.807, 2.05) is 50.4 Å². The highest BCUT2D eigenvalue weighted by atomic mass is 16.2. The van der Waals surface area contributed by atoms with Crippen molar-refractivity contribution in [3.8, 4) is 0 Å². The van der Waals surface area contributed by atoms with Gasteiger partial charge in [0.2, 0.25) is 0 Å². The quantitative estimate of drug-likeness (QED) is 0.693. The molecule has 1 fully saturated rings. The van der Waals surface area contributed by atoms with E-state index in [4.69, 9.17) is 0 Å². The lowest BCUT2D eigenvalue weighted by Crippen LogP contribution is -2.49. The number of amides is 2. The number of piperidine rings is 1. The van der Waals surface area contributed by atoms with Gasteiger partial charge in [0.1, 0.15) is 0 Å². The van der Waals surface area contributed by atoms with Crippen LogP contribution in [0.2, 0.25) is 0 Å². The van der Waals surface area contributed by atoms with Gasteiger partial charge in [0.05, 0.1) is 11.9 Å². The van der Waals surface area contributed by atoms with Gasteiger partial charge in [-0.3, -0.25) is 14.5 Å². The van der Waals surface area contributed by atoms with Crippen LogP contribution in [0.25, 0.3) is 10.8 Å². The fraction of sp³-hybridized carbons (Fsp3) is 0.292. The smallest absolute Gasteiger partial charge is 0.273 e. The van der Waals surface area contributed by atoms with E-state index in [2.05, 4.69) is 20.5 Å². The second-order valence-corrected chi connectivity index (χ2v) is 7.80. The molecule has 0 bridgehead atoms. The molecule has 2 amide bonds. The van der Waals surface area contributed by atoms with Crippen LogP contribution in [0.4, 0.5) is 5.69 Å². The highest BCUT2D eigenvalue weighted by Gasteiger charge is 2.24. The predicted molar refractivity (Wildman–Crippen MR) is 119 cm³/mol. The van der Waals surface area contributed by atoms with Crippen LogP contribution in [-0.4, -0.2) is 41.5 Å². The second kappa shape index (κ2) is 8.63. The summed E-state index contributed by atoms with van der Waals surface area (Å²) < 4.78 is 0. The summed E-state index contributed by atoms with van der Waals surface area (Å²) in [5.74, 6) is -0.530. The van der Waals surface area contributed by atoms with Crippen molar-refractivity contribution in [2.45, 2.75) is 32.4 Å². The van der Waals surface area contributed by atoms with Crippen LogP contribution in [0.5, 0.6) is 0 Å². The first-order valence-electron chi connectivity index (χ1n) is 10.3. The molecule has 2 aromatic carbocycles. The summed E-state index contributed by atoms with van der Waals surface area (Å²) in [4.78, 5) is 32.6. The second-order valence-electron chi connectivity index (χ2n) is 7.80. The standard InChI is InChI=1S/C24H26N4O2/c1-16-13-14-25-22(24(30)26-20-12-5-6-15-28(20)2)21(16)27-23(29)19-11-7-9-17-8-3-4-10-18(17)19/h3-4,7-11,13-14,20H,5-6,12,15H2,1-2H3,(H,26,30)(H,27,29). The summed E-state index contributed by atoms with van der Waals surface area (Å²) in [7, 11) is 2.01. The lowest BCUT2D eigenvalue weighted by molar-refractivity contribution is 0.0825. The van der Waals surface area contributed by atoms with Crippen molar-refractivity contribution in [1.29, 1.82) is 0 Å². The Morgan fingerprint density at radius 3 is 2.67 bits per heavy atom. The Bertz CT molecular complexity index is 1090. The first kappa shape index (κ1) is 20.0. The van der Waals surface area contributed by atoms with Gasteiger partial charge in [0, 0.05) is 11.8 Å². The Labute approximate surface area is 176 Å². The number of hydrogen-bond acceptors (Lipinski definition) is 4.